The van der Waals surface area contributed by atoms with E-state index in [1.165, 1.54) is 7.11 Å². The number of esters is 1. The third kappa shape index (κ3) is 5.53. The van der Waals surface area contributed by atoms with Crippen LogP contribution in [0.5, 0.6) is 0 Å². The maximum absolute atomic E-state index is 10.8. The fraction of sp³-hybridized carbons (Fsp3) is 0.778. The third-order valence-corrected chi connectivity index (χ3v) is 1.82. The van der Waals surface area contributed by atoms with Crippen LogP contribution in [0.25, 0.3) is 0 Å². The van der Waals surface area contributed by atoms with Crippen molar-refractivity contribution in [3.63, 3.8) is 0 Å². The minimum Gasteiger partial charge on any atom is -0.480 e. The maximum atomic E-state index is 10.8. The summed E-state index contributed by atoms with van der Waals surface area (Å²) in [5.41, 5.74) is 0. The third-order valence-electron chi connectivity index (χ3n) is 1.82. The van der Waals surface area contributed by atoms with E-state index in [-0.39, 0.29) is 6.42 Å². The second-order valence-electron chi connectivity index (χ2n) is 2.98. The molecule has 0 bridgehead atoms. The molecule has 14 heavy (non-hydrogen) atoms. The number of hydrogen-bond acceptors (Lipinski definition) is 4. The Labute approximate surface area is 83.4 Å². The quantitative estimate of drug-likeness (QED) is 0.462. The summed E-state index contributed by atoms with van der Waals surface area (Å²) in [7, 11) is 1.24. The van der Waals surface area contributed by atoms with Gasteiger partial charge in [-0.25, -0.2) is 0 Å². The number of nitrogens with one attached hydrogen (secondary N) is 1. The van der Waals surface area contributed by atoms with Gasteiger partial charge in [-0.1, -0.05) is 13.3 Å². The number of hydrogen-bond donors (Lipinski definition) is 2. The highest BCUT2D eigenvalue weighted by molar-refractivity contribution is 5.81. The van der Waals surface area contributed by atoms with Gasteiger partial charge in [-0.15, -0.1) is 0 Å². The molecule has 0 rings (SSSR count). The normalized spacial score (nSPS) is 12.1. The average molecular weight is 203 g/mol. The zero-order valence-electron chi connectivity index (χ0n) is 8.58. The largest absolute Gasteiger partial charge is 0.480 e. The summed E-state index contributed by atoms with van der Waals surface area (Å²) < 4.78 is 4.39. The Morgan fingerprint density at radius 2 is 2.14 bits per heavy atom. The molecule has 1 atom stereocenters. The van der Waals surface area contributed by atoms with E-state index in [1.807, 2.05) is 6.92 Å². The summed E-state index contributed by atoms with van der Waals surface area (Å²) in [5.74, 6) is -1.53. The molecule has 0 amide bonds. The van der Waals surface area contributed by atoms with Crippen LogP contribution in [-0.4, -0.2) is 36.7 Å². The molecule has 82 valence electrons. The fourth-order valence-corrected chi connectivity index (χ4v) is 0.950. The molecule has 0 aromatic heterocycles. The highest BCUT2D eigenvalue weighted by atomic mass is 16.5. The van der Waals surface area contributed by atoms with E-state index in [2.05, 4.69) is 10.1 Å². The molecule has 0 spiro atoms. The molecule has 0 aromatic carbocycles. The van der Waals surface area contributed by atoms with Gasteiger partial charge in [0.25, 0.3) is 0 Å². The van der Waals surface area contributed by atoms with Crippen LogP contribution in [0.3, 0.4) is 0 Å². The van der Waals surface area contributed by atoms with Crippen molar-refractivity contribution < 1.29 is 19.4 Å². The lowest BCUT2D eigenvalue weighted by Gasteiger charge is -2.12. The molecule has 5 heteroatoms. The first-order valence-electron chi connectivity index (χ1n) is 4.64. The fourth-order valence-electron chi connectivity index (χ4n) is 0.950. The van der Waals surface area contributed by atoms with E-state index >= 15 is 0 Å². The van der Waals surface area contributed by atoms with Crippen molar-refractivity contribution in [1.82, 2.24) is 5.32 Å². The molecule has 2 N–H and O–H groups in total. The number of methoxy groups -OCH3 is 1. The summed E-state index contributed by atoms with van der Waals surface area (Å²) >= 11 is 0. The number of unbranched alkanes of at least 4 members (excludes halogenated alkanes) is 1. The van der Waals surface area contributed by atoms with Crippen molar-refractivity contribution in [1.29, 1.82) is 0 Å². The molecular formula is C9H17NO4. The number of aliphatic carboxylic acids is 1. The van der Waals surface area contributed by atoms with Crippen molar-refractivity contribution in [2.45, 2.75) is 32.2 Å². The Balaban J connectivity index is 3.90. The Morgan fingerprint density at radius 3 is 2.57 bits per heavy atom. The second-order valence-corrected chi connectivity index (χ2v) is 2.98. The first-order valence-corrected chi connectivity index (χ1v) is 4.64. The van der Waals surface area contributed by atoms with E-state index in [0.717, 1.165) is 12.8 Å². The van der Waals surface area contributed by atoms with Crippen molar-refractivity contribution in [3.05, 3.63) is 0 Å². The predicted molar refractivity (Wildman–Crippen MR) is 51.0 cm³/mol. The van der Waals surface area contributed by atoms with Crippen molar-refractivity contribution >= 4 is 11.9 Å². The Bertz CT molecular complexity index is 193. The number of carbonyl (C=O) groups is 2. The average Bonchev–Trinajstić information content (AvgIpc) is 2.16. The number of carboxylic acids is 1. The van der Waals surface area contributed by atoms with E-state index in [4.69, 9.17) is 5.11 Å². The minimum absolute atomic E-state index is 0.129. The summed E-state index contributed by atoms with van der Waals surface area (Å²) in [6, 6.07) is -0.839. The van der Waals surface area contributed by atoms with Crippen LogP contribution in [0, 0.1) is 0 Å². The van der Waals surface area contributed by atoms with Crippen molar-refractivity contribution in [2.75, 3.05) is 13.7 Å². The highest BCUT2D eigenvalue weighted by Gasteiger charge is 2.20. The Hall–Kier alpha value is -1.10. The van der Waals surface area contributed by atoms with Gasteiger partial charge in [0.2, 0.25) is 0 Å². The predicted octanol–water partition coefficient (Wildman–Crippen LogP) is 0.392. The standard InChI is InChI=1S/C9H17NO4/c1-3-4-5-10-7(9(12)13)6-8(11)14-2/h7,10H,3-6H2,1-2H3,(H,12,13). The van der Waals surface area contributed by atoms with Crippen LogP contribution in [0.2, 0.25) is 0 Å². The van der Waals surface area contributed by atoms with Gasteiger partial charge in [0, 0.05) is 0 Å². The molecule has 0 aliphatic heterocycles. The van der Waals surface area contributed by atoms with Crippen LogP contribution >= 0.6 is 0 Å². The Morgan fingerprint density at radius 1 is 1.50 bits per heavy atom. The maximum Gasteiger partial charge on any atom is 0.321 e. The smallest absolute Gasteiger partial charge is 0.321 e. The second kappa shape index (κ2) is 7.32. The van der Waals surface area contributed by atoms with Crippen LogP contribution in [0.4, 0.5) is 0 Å². The molecule has 0 saturated carbocycles. The van der Waals surface area contributed by atoms with E-state index in [0.29, 0.717) is 6.54 Å². The summed E-state index contributed by atoms with van der Waals surface area (Å²) in [6.45, 7) is 2.61. The van der Waals surface area contributed by atoms with Gasteiger partial charge in [0.1, 0.15) is 6.04 Å². The van der Waals surface area contributed by atoms with E-state index in [9.17, 15) is 9.59 Å². The zero-order chi connectivity index (χ0) is 11.0. The topological polar surface area (TPSA) is 75.6 Å². The van der Waals surface area contributed by atoms with Gasteiger partial charge < -0.3 is 15.2 Å². The van der Waals surface area contributed by atoms with Gasteiger partial charge >= 0.3 is 11.9 Å². The number of carbonyl (C=O) groups excluding carboxylic acids is 1. The van der Waals surface area contributed by atoms with E-state index in [1.54, 1.807) is 0 Å². The van der Waals surface area contributed by atoms with Gasteiger partial charge in [0.05, 0.1) is 13.5 Å². The van der Waals surface area contributed by atoms with Crippen LogP contribution < -0.4 is 5.32 Å². The van der Waals surface area contributed by atoms with Crippen LogP contribution in [-0.2, 0) is 14.3 Å². The van der Waals surface area contributed by atoms with Crippen LogP contribution in [0.1, 0.15) is 26.2 Å². The molecule has 0 radical (unpaired) electrons. The lowest BCUT2D eigenvalue weighted by Crippen LogP contribution is -2.39. The minimum atomic E-state index is -1.02. The molecule has 0 aromatic rings. The van der Waals surface area contributed by atoms with Gasteiger partial charge in [-0.05, 0) is 13.0 Å². The summed E-state index contributed by atoms with van der Waals surface area (Å²) in [5, 5.41) is 11.5. The number of carboxylic acid groups (broad SMARTS) is 1. The molecule has 0 aliphatic carbocycles. The first-order chi connectivity index (χ1) is 6.61. The molecule has 0 saturated heterocycles. The van der Waals surface area contributed by atoms with Gasteiger partial charge in [-0.2, -0.15) is 0 Å². The molecule has 0 aliphatic rings. The first kappa shape index (κ1) is 12.9. The van der Waals surface area contributed by atoms with Gasteiger partial charge in [-0.3, -0.25) is 9.59 Å². The van der Waals surface area contributed by atoms with E-state index < -0.39 is 18.0 Å². The van der Waals surface area contributed by atoms with Crippen molar-refractivity contribution in [3.8, 4) is 0 Å². The highest BCUT2D eigenvalue weighted by Crippen LogP contribution is 1.96. The monoisotopic (exact) mass is 203 g/mol. The SMILES string of the molecule is CCCCNC(CC(=O)OC)C(=O)O. The molecule has 1 unspecified atom stereocenters. The van der Waals surface area contributed by atoms with Crippen molar-refractivity contribution in [2.24, 2.45) is 0 Å². The lowest BCUT2D eigenvalue weighted by atomic mass is 10.2. The molecule has 0 heterocycles. The summed E-state index contributed by atoms with van der Waals surface area (Å²) in [4.78, 5) is 21.5. The molecule has 0 fully saturated rings. The number of ether oxygens (including phenoxy) is 1. The van der Waals surface area contributed by atoms with Gasteiger partial charge in [0.15, 0.2) is 0 Å². The molecular weight excluding hydrogens is 186 g/mol. The molecule has 5 nitrogen and oxygen atoms in total. The number of rotatable bonds is 7. The Kier molecular flexibility index (Phi) is 6.74. The zero-order valence-corrected chi connectivity index (χ0v) is 8.58. The van der Waals surface area contributed by atoms with Crippen LogP contribution in [0.15, 0.2) is 0 Å². The summed E-state index contributed by atoms with van der Waals surface area (Å²) in [6.07, 6.45) is 1.75. The lowest BCUT2D eigenvalue weighted by molar-refractivity contribution is -0.147.